The Balaban J connectivity index is 1.51. The van der Waals surface area contributed by atoms with E-state index in [1.54, 1.807) is 6.07 Å². The van der Waals surface area contributed by atoms with Crippen molar-refractivity contribution >= 4 is 22.7 Å². The third kappa shape index (κ3) is 4.02. The fourth-order valence-corrected chi connectivity index (χ4v) is 4.26. The molecule has 3 aromatic rings. The maximum atomic E-state index is 12.7. The fourth-order valence-electron chi connectivity index (χ4n) is 4.26. The molecule has 0 saturated carbocycles. The molecule has 1 N–H and O–H groups in total. The second-order valence-electron chi connectivity index (χ2n) is 8.10. The van der Waals surface area contributed by atoms with E-state index in [9.17, 15) is 9.59 Å². The number of esters is 1. The molecule has 1 atom stereocenters. The highest BCUT2D eigenvalue weighted by Gasteiger charge is 2.22. The molecule has 0 bridgehead atoms. The Morgan fingerprint density at radius 3 is 2.38 bits per heavy atom. The monoisotopic (exact) mass is 437 g/mol. The molecule has 0 spiro atoms. The lowest BCUT2D eigenvalue weighted by molar-refractivity contribution is 0.0475. The van der Waals surface area contributed by atoms with Crippen molar-refractivity contribution in [2.45, 2.75) is 26.2 Å². The normalized spacial score (nSPS) is 15.2. The van der Waals surface area contributed by atoms with Crippen molar-refractivity contribution in [3.8, 4) is 17.2 Å². The second kappa shape index (κ2) is 8.94. The van der Waals surface area contributed by atoms with E-state index < -0.39 is 12.6 Å². The molecule has 7 nitrogen and oxygen atoms in total. The van der Waals surface area contributed by atoms with Gasteiger partial charge in [0, 0.05) is 22.2 Å². The number of benzene rings is 2. The molecule has 7 heteroatoms. The van der Waals surface area contributed by atoms with Gasteiger partial charge < -0.3 is 23.9 Å². The number of aryl methyl sites for hydroxylation is 1. The molecule has 1 heterocycles. The number of H-pyrrole nitrogens is 1. The van der Waals surface area contributed by atoms with Gasteiger partial charge in [0.15, 0.2) is 18.1 Å². The molecule has 4 rings (SSSR count). The molecule has 1 aliphatic rings. The van der Waals surface area contributed by atoms with Gasteiger partial charge in [-0.25, -0.2) is 4.79 Å². The maximum absolute atomic E-state index is 12.7. The van der Waals surface area contributed by atoms with Crippen LogP contribution >= 0.6 is 0 Å². The average molecular weight is 437 g/mol. The highest BCUT2D eigenvalue weighted by atomic mass is 16.5. The minimum atomic E-state index is -0.536. The summed E-state index contributed by atoms with van der Waals surface area (Å²) in [5.74, 6) is 0.823. The Morgan fingerprint density at radius 1 is 1.00 bits per heavy atom. The number of nitrogens with one attached hydrogen (secondary N) is 1. The first-order chi connectivity index (χ1) is 15.4. The number of ether oxygens (including phenoxy) is 4. The molecule has 2 aromatic carbocycles. The molecular formula is C25H27NO6. The number of carbonyl (C=O) groups is 2. The van der Waals surface area contributed by atoms with Crippen molar-refractivity contribution in [2.75, 3.05) is 27.9 Å². The summed E-state index contributed by atoms with van der Waals surface area (Å²) in [5.41, 5.74) is 4.28. The van der Waals surface area contributed by atoms with Crippen LogP contribution in [0.25, 0.3) is 10.9 Å². The zero-order valence-electron chi connectivity index (χ0n) is 18.7. The first-order valence-electron chi connectivity index (χ1n) is 10.6. The molecule has 0 radical (unpaired) electrons. The molecule has 32 heavy (non-hydrogen) atoms. The van der Waals surface area contributed by atoms with Crippen molar-refractivity contribution in [1.29, 1.82) is 0 Å². The highest BCUT2D eigenvalue weighted by molar-refractivity contribution is 6.01. The van der Waals surface area contributed by atoms with Crippen molar-refractivity contribution in [1.82, 2.24) is 4.98 Å². The summed E-state index contributed by atoms with van der Waals surface area (Å²) in [7, 11) is 4.44. The average Bonchev–Trinajstić information content (AvgIpc) is 3.18. The Bertz CT molecular complexity index is 1150. The Labute approximate surface area is 186 Å². The lowest BCUT2D eigenvalue weighted by Gasteiger charge is -2.18. The molecule has 0 aliphatic heterocycles. The smallest absolute Gasteiger partial charge is 0.338 e. The van der Waals surface area contributed by atoms with E-state index in [2.05, 4.69) is 11.9 Å². The number of carbonyl (C=O) groups excluding carboxylic acids is 2. The van der Waals surface area contributed by atoms with Gasteiger partial charge in [0.2, 0.25) is 11.5 Å². The van der Waals surface area contributed by atoms with Crippen molar-refractivity contribution < 1.29 is 28.5 Å². The molecule has 1 aliphatic carbocycles. The van der Waals surface area contributed by atoms with Crippen LogP contribution in [0.1, 0.15) is 45.3 Å². The minimum Gasteiger partial charge on any atom is -0.493 e. The van der Waals surface area contributed by atoms with E-state index in [1.165, 1.54) is 44.7 Å². The third-order valence-electron chi connectivity index (χ3n) is 5.99. The maximum Gasteiger partial charge on any atom is 0.338 e. The van der Waals surface area contributed by atoms with Crippen LogP contribution in [0, 0.1) is 5.92 Å². The van der Waals surface area contributed by atoms with Gasteiger partial charge in [0.05, 0.1) is 26.9 Å². The molecular weight excluding hydrogens is 410 g/mol. The van der Waals surface area contributed by atoms with Crippen LogP contribution in [0.4, 0.5) is 0 Å². The lowest BCUT2D eigenvalue weighted by atomic mass is 9.87. The van der Waals surface area contributed by atoms with Gasteiger partial charge in [-0.3, -0.25) is 4.79 Å². The van der Waals surface area contributed by atoms with E-state index in [0.717, 1.165) is 30.2 Å². The quantitative estimate of drug-likeness (QED) is 0.437. The summed E-state index contributed by atoms with van der Waals surface area (Å²) >= 11 is 0. The van der Waals surface area contributed by atoms with Gasteiger partial charge in [-0.05, 0) is 61.1 Å². The molecule has 0 amide bonds. The highest BCUT2D eigenvalue weighted by Crippen LogP contribution is 2.38. The predicted molar refractivity (Wildman–Crippen MR) is 120 cm³/mol. The summed E-state index contributed by atoms with van der Waals surface area (Å²) in [6.07, 6.45) is 3.18. The topological polar surface area (TPSA) is 86.9 Å². The van der Waals surface area contributed by atoms with Crippen LogP contribution in [-0.4, -0.2) is 44.7 Å². The van der Waals surface area contributed by atoms with Crippen molar-refractivity contribution in [3.05, 3.63) is 52.7 Å². The van der Waals surface area contributed by atoms with Gasteiger partial charge in [0.25, 0.3) is 0 Å². The number of aromatic amines is 1. The zero-order valence-corrected chi connectivity index (χ0v) is 18.7. The van der Waals surface area contributed by atoms with Gasteiger partial charge in [0.1, 0.15) is 0 Å². The second-order valence-corrected chi connectivity index (χ2v) is 8.10. The van der Waals surface area contributed by atoms with Gasteiger partial charge in [-0.15, -0.1) is 0 Å². The number of Topliss-reactive ketones (excluding diaryl/α,β-unsaturated/α-hetero) is 1. The van der Waals surface area contributed by atoms with E-state index in [4.69, 9.17) is 18.9 Å². The van der Waals surface area contributed by atoms with Crippen LogP contribution in [0.5, 0.6) is 17.2 Å². The molecule has 1 aromatic heterocycles. The molecule has 0 fully saturated rings. The van der Waals surface area contributed by atoms with E-state index in [-0.39, 0.29) is 5.78 Å². The van der Waals surface area contributed by atoms with Crippen LogP contribution in [-0.2, 0) is 17.6 Å². The fraction of sp³-hybridized carbons (Fsp3) is 0.360. The molecule has 0 saturated heterocycles. The van der Waals surface area contributed by atoms with Crippen molar-refractivity contribution in [3.63, 3.8) is 0 Å². The van der Waals surface area contributed by atoms with E-state index >= 15 is 0 Å². The number of hydrogen-bond acceptors (Lipinski definition) is 6. The molecule has 0 unspecified atom stereocenters. The number of aromatic nitrogens is 1. The van der Waals surface area contributed by atoms with E-state index in [1.807, 2.05) is 12.1 Å². The third-order valence-corrected chi connectivity index (χ3v) is 5.99. The summed E-state index contributed by atoms with van der Waals surface area (Å²) in [4.78, 5) is 28.8. The van der Waals surface area contributed by atoms with Gasteiger partial charge in [-0.2, -0.15) is 0 Å². The summed E-state index contributed by atoms with van der Waals surface area (Å²) < 4.78 is 21.2. The number of ketones is 1. The largest absolute Gasteiger partial charge is 0.493 e. The lowest BCUT2D eigenvalue weighted by Crippen LogP contribution is -2.15. The summed E-state index contributed by atoms with van der Waals surface area (Å²) in [6, 6.07) is 8.55. The Morgan fingerprint density at radius 2 is 1.72 bits per heavy atom. The Hall–Kier alpha value is -3.48. The van der Waals surface area contributed by atoms with Gasteiger partial charge in [-0.1, -0.05) is 6.92 Å². The SMILES string of the molecule is COc1cc(C(=O)COC(=O)c2ccc3[nH]c4c(c3c2)C[C@@H](C)CC4)cc(OC)c1OC. The van der Waals surface area contributed by atoms with Crippen LogP contribution in [0.3, 0.4) is 0 Å². The molecule has 168 valence electrons. The standard InChI is InChI=1S/C25H27NO6/c1-14-5-7-19-17(9-14)18-10-15(6-8-20(18)26-19)25(28)32-13-21(27)16-11-22(29-2)24(31-4)23(12-16)30-3/h6,8,10-12,14,26H,5,7,9,13H2,1-4H3/t14-/m0/s1. The number of rotatable bonds is 7. The first kappa shape index (κ1) is 21.7. The van der Waals surface area contributed by atoms with E-state index in [0.29, 0.717) is 34.3 Å². The summed E-state index contributed by atoms with van der Waals surface area (Å²) in [6.45, 7) is 1.85. The minimum absolute atomic E-state index is 0.302. The number of fused-ring (bicyclic) bond motifs is 3. The van der Waals surface area contributed by atoms with Gasteiger partial charge >= 0.3 is 5.97 Å². The first-order valence-corrected chi connectivity index (χ1v) is 10.6. The number of methoxy groups -OCH3 is 3. The van der Waals surface area contributed by atoms with Crippen LogP contribution < -0.4 is 14.2 Å². The van der Waals surface area contributed by atoms with Crippen LogP contribution in [0.15, 0.2) is 30.3 Å². The Kier molecular flexibility index (Phi) is 6.08. The van der Waals surface area contributed by atoms with Crippen molar-refractivity contribution in [2.24, 2.45) is 5.92 Å². The zero-order chi connectivity index (χ0) is 22.8. The predicted octanol–water partition coefficient (Wildman–Crippen LogP) is 4.36. The summed E-state index contributed by atoms with van der Waals surface area (Å²) in [5, 5.41) is 1.05. The van der Waals surface area contributed by atoms with Crippen LogP contribution in [0.2, 0.25) is 0 Å². The number of hydrogen-bond donors (Lipinski definition) is 1.